The van der Waals surface area contributed by atoms with Gasteiger partial charge < -0.3 is 4.98 Å². The second-order valence-corrected chi connectivity index (χ2v) is 7.87. The number of aromatic amines is 1. The third kappa shape index (κ3) is 2.87. The van der Waals surface area contributed by atoms with Crippen LogP contribution in [0, 0.1) is 0 Å². The molecule has 1 N–H and O–H groups in total. The third-order valence-corrected chi connectivity index (χ3v) is 6.56. The van der Waals surface area contributed by atoms with Gasteiger partial charge in [-0.2, -0.15) is 16.1 Å². The Bertz CT molecular complexity index is 501. The van der Waals surface area contributed by atoms with Crippen LogP contribution in [-0.4, -0.2) is 41.8 Å². The van der Waals surface area contributed by atoms with Crippen LogP contribution in [0.3, 0.4) is 0 Å². The maximum atomic E-state index is 12.4. The van der Waals surface area contributed by atoms with Gasteiger partial charge in [-0.05, 0) is 12.5 Å². The minimum absolute atomic E-state index is 0.295. The lowest BCUT2D eigenvalue weighted by Gasteiger charge is -2.30. The van der Waals surface area contributed by atoms with Crippen molar-refractivity contribution in [2.45, 2.75) is 29.4 Å². The number of thioether (sulfide) groups is 1. The lowest BCUT2D eigenvalue weighted by Crippen LogP contribution is -2.41. The van der Waals surface area contributed by atoms with Gasteiger partial charge in [-0.15, -0.1) is 11.6 Å². The van der Waals surface area contributed by atoms with Crippen LogP contribution in [0.1, 0.15) is 19.0 Å². The molecular weight excluding hydrogens is 292 g/mol. The second-order valence-electron chi connectivity index (χ2n) is 4.26. The number of nitrogens with one attached hydrogen (secondary N) is 1. The number of alkyl halides is 1. The zero-order valence-corrected chi connectivity index (χ0v) is 12.6. The van der Waals surface area contributed by atoms with Crippen LogP contribution in [-0.2, 0) is 15.9 Å². The van der Waals surface area contributed by atoms with E-state index in [-0.39, 0.29) is 0 Å². The van der Waals surface area contributed by atoms with Crippen molar-refractivity contribution in [1.82, 2.24) is 9.29 Å². The maximum Gasteiger partial charge on any atom is 0.244 e. The fourth-order valence-corrected chi connectivity index (χ4v) is 5.00. The van der Waals surface area contributed by atoms with Gasteiger partial charge in [0, 0.05) is 36.0 Å². The average Bonchev–Trinajstić information content (AvgIpc) is 2.88. The first kappa shape index (κ1) is 14.2. The summed E-state index contributed by atoms with van der Waals surface area (Å²) >= 11 is 7.53. The van der Waals surface area contributed by atoms with Crippen molar-refractivity contribution < 1.29 is 8.42 Å². The van der Waals surface area contributed by atoms with Crippen LogP contribution in [0.4, 0.5) is 0 Å². The second kappa shape index (κ2) is 5.86. The van der Waals surface area contributed by atoms with Crippen LogP contribution >= 0.6 is 23.4 Å². The van der Waals surface area contributed by atoms with Crippen LogP contribution in [0.2, 0.25) is 0 Å². The number of aromatic nitrogens is 1. The van der Waals surface area contributed by atoms with E-state index >= 15 is 0 Å². The third-order valence-electron chi connectivity index (χ3n) is 3.05. The minimum atomic E-state index is -3.36. The molecule has 0 saturated carbocycles. The SMILES string of the molecule is CCC1CN(S(=O)(=O)c2c[nH]c(CCl)c2)CCS1. The number of H-pyrrole nitrogens is 1. The van der Waals surface area contributed by atoms with Crippen LogP contribution < -0.4 is 0 Å². The molecule has 0 aromatic carbocycles. The van der Waals surface area contributed by atoms with Crippen molar-refractivity contribution >= 4 is 33.4 Å². The van der Waals surface area contributed by atoms with Crippen molar-refractivity contribution in [3.63, 3.8) is 0 Å². The van der Waals surface area contributed by atoms with Gasteiger partial charge in [0.2, 0.25) is 10.0 Å². The first-order valence-electron chi connectivity index (χ1n) is 5.93. The van der Waals surface area contributed by atoms with E-state index in [1.807, 2.05) is 11.8 Å². The van der Waals surface area contributed by atoms with Crippen molar-refractivity contribution in [3.8, 4) is 0 Å². The highest BCUT2D eigenvalue weighted by Gasteiger charge is 2.30. The van der Waals surface area contributed by atoms with E-state index in [4.69, 9.17) is 11.6 Å². The summed E-state index contributed by atoms with van der Waals surface area (Å²) in [5.41, 5.74) is 0.730. The molecule has 1 aromatic heterocycles. The molecule has 18 heavy (non-hydrogen) atoms. The molecule has 1 unspecified atom stereocenters. The summed E-state index contributed by atoms with van der Waals surface area (Å²) in [6.45, 7) is 3.28. The van der Waals surface area contributed by atoms with E-state index in [0.29, 0.717) is 29.1 Å². The first-order valence-corrected chi connectivity index (χ1v) is 8.95. The van der Waals surface area contributed by atoms with Gasteiger partial charge >= 0.3 is 0 Å². The molecule has 0 aliphatic carbocycles. The topological polar surface area (TPSA) is 53.2 Å². The van der Waals surface area contributed by atoms with Crippen molar-refractivity contribution in [1.29, 1.82) is 0 Å². The summed E-state index contributed by atoms with van der Waals surface area (Å²) < 4.78 is 26.4. The van der Waals surface area contributed by atoms with Crippen LogP contribution in [0.25, 0.3) is 0 Å². The zero-order valence-electron chi connectivity index (χ0n) is 10.2. The molecule has 1 fully saturated rings. The summed E-state index contributed by atoms with van der Waals surface area (Å²) in [6.07, 6.45) is 2.52. The van der Waals surface area contributed by atoms with Gasteiger partial charge in [0.25, 0.3) is 0 Å². The summed E-state index contributed by atoms with van der Waals surface area (Å²) in [5, 5.41) is 0.403. The average molecular weight is 309 g/mol. The fourth-order valence-electron chi connectivity index (χ4n) is 1.95. The largest absolute Gasteiger partial charge is 0.363 e. The van der Waals surface area contributed by atoms with E-state index in [1.54, 1.807) is 10.4 Å². The fraction of sp³-hybridized carbons (Fsp3) is 0.636. The molecule has 1 saturated heterocycles. The van der Waals surface area contributed by atoms with Gasteiger partial charge in [-0.1, -0.05) is 6.92 Å². The maximum absolute atomic E-state index is 12.4. The van der Waals surface area contributed by atoms with Crippen molar-refractivity contribution in [2.24, 2.45) is 0 Å². The van der Waals surface area contributed by atoms with E-state index in [0.717, 1.165) is 17.9 Å². The minimum Gasteiger partial charge on any atom is -0.363 e. The highest BCUT2D eigenvalue weighted by molar-refractivity contribution is 8.00. The molecule has 7 heteroatoms. The van der Waals surface area contributed by atoms with Crippen molar-refractivity contribution in [3.05, 3.63) is 18.0 Å². The molecule has 1 aromatic rings. The van der Waals surface area contributed by atoms with Gasteiger partial charge in [0.05, 0.1) is 10.8 Å². The Kier molecular flexibility index (Phi) is 4.64. The van der Waals surface area contributed by atoms with Crippen LogP contribution in [0.15, 0.2) is 17.2 Å². The molecule has 2 rings (SSSR count). The summed E-state index contributed by atoms with van der Waals surface area (Å²) in [4.78, 5) is 3.20. The molecule has 1 aliphatic heterocycles. The number of sulfonamides is 1. The van der Waals surface area contributed by atoms with Gasteiger partial charge in [-0.25, -0.2) is 8.42 Å². The van der Waals surface area contributed by atoms with E-state index in [2.05, 4.69) is 11.9 Å². The Hall–Kier alpha value is -0.170. The molecule has 0 spiro atoms. The molecular formula is C11H17ClN2O2S2. The molecule has 1 aliphatic rings. The summed E-state index contributed by atoms with van der Waals surface area (Å²) in [6, 6.07) is 1.62. The highest BCUT2D eigenvalue weighted by Crippen LogP contribution is 2.26. The molecule has 1 atom stereocenters. The summed E-state index contributed by atoms with van der Waals surface area (Å²) in [7, 11) is -3.36. The lowest BCUT2D eigenvalue weighted by atomic mass is 10.3. The van der Waals surface area contributed by atoms with E-state index < -0.39 is 10.0 Å². The lowest BCUT2D eigenvalue weighted by molar-refractivity contribution is 0.416. The Morgan fingerprint density at radius 1 is 1.61 bits per heavy atom. The Morgan fingerprint density at radius 2 is 2.39 bits per heavy atom. The number of nitrogens with zero attached hydrogens (tertiary/aromatic N) is 1. The van der Waals surface area contributed by atoms with Gasteiger partial charge in [0.1, 0.15) is 0 Å². The molecule has 4 nitrogen and oxygen atoms in total. The molecule has 2 heterocycles. The predicted octanol–water partition coefficient (Wildman–Crippen LogP) is 2.27. The number of halogens is 1. The first-order chi connectivity index (χ1) is 8.57. The quantitative estimate of drug-likeness (QED) is 0.868. The summed E-state index contributed by atoms with van der Waals surface area (Å²) in [5.74, 6) is 1.16. The molecule has 102 valence electrons. The number of rotatable bonds is 4. The molecule has 0 bridgehead atoms. The Morgan fingerprint density at radius 3 is 3.00 bits per heavy atom. The standard InChI is InChI=1S/C11H17ClN2O2S2/c1-2-10-8-14(3-4-17-10)18(15,16)11-5-9(6-12)13-7-11/h5,7,10,13H,2-4,6,8H2,1H3. The monoisotopic (exact) mass is 308 g/mol. The predicted molar refractivity (Wildman–Crippen MR) is 75.6 cm³/mol. The Balaban J connectivity index is 2.19. The zero-order chi connectivity index (χ0) is 13.2. The Labute approximate surface area is 117 Å². The number of hydrogen-bond donors (Lipinski definition) is 1. The van der Waals surface area contributed by atoms with Crippen molar-refractivity contribution in [2.75, 3.05) is 18.8 Å². The highest BCUT2D eigenvalue weighted by atomic mass is 35.5. The van der Waals surface area contributed by atoms with E-state index in [1.165, 1.54) is 6.20 Å². The van der Waals surface area contributed by atoms with Gasteiger partial charge in [-0.3, -0.25) is 0 Å². The number of hydrogen-bond acceptors (Lipinski definition) is 3. The normalized spacial score (nSPS) is 22.2. The molecule has 0 amide bonds. The smallest absolute Gasteiger partial charge is 0.244 e. The molecule has 0 radical (unpaired) electrons. The van der Waals surface area contributed by atoms with Crippen LogP contribution in [0.5, 0.6) is 0 Å². The van der Waals surface area contributed by atoms with E-state index in [9.17, 15) is 8.42 Å². The van der Waals surface area contributed by atoms with Gasteiger partial charge in [0.15, 0.2) is 0 Å².